The minimum atomic E-state index is -3.46. The van der Waals surface area contributed by atoms with Gasteiger partial charge in [-0.25, -0.2) is 13.1 Å². The quantitative estimate of drug-likeness (QED) is 0.812. The van der Waals surface area contributed by atoms with E-state index in [2.05, 4.69) is 16.6 Å². The lowest BCUT2D eigenvalue weighted by Crippen LogP contribution is -2.33. The van der Waals surface area contributed by atoms with E-state index in [9.17, 15) is 8.42 Å². The zero-order valence-electron chi connectivity index (χ0n) is 12.2. The lowest BCUT2D eigenvalue weighted by atomic mass is 9.91. The van der Waals surface area contributed by atoms with Gasteiger partial charge in [0.05, 0.1) is 11.4 Å². The van der Waals surface area contributed by atoms with E-state index < -0.39 is 10.0 Å². The average molecular weight is 294 g/mol. The average Bonchev–Trinajstić information content (AvgIpc) is 2.44. The van der Waals surface area contributed by atoms with Gasteiger partial charge in [-0.15, -0.1) is 0 Å². The zero-order valence-corrected chi connectivity index (χ0v) is 13.0. The molecule has 4 nitrogen and oxygen atoms in total. The molecular weight excluding hydrogens is 272 g/mol. The number of rotatable bonds is 5. The van der Waals surface area contributed by atoms with Crippen LogP contribution < -0.4 is 10.5 Å². The van der Waals surface area contributed by atoms with Crippen molar-refractivity contribution in [1.29, 1.82) is 0 Å². The Kier molecular flexibility index (Phi) is 5.75. The third-order valence-corrected chi connectivity index (χ3v) is 4.61. The van der Waals surface area contributed by atoms with Gasteiger partial charge in [0.2, 0.25) is 10.0 Å². The fourth-order valence-electron chi connectivity index (χ4n) is 1.37. The second kappa shape index (κ2) is 6.89. The standard InChI is InChI=1S/C15H22N2O2S/c1-4-15(2,3)12-17-20(18,19)14-9-7-13(8-10-14)6-5-11-16/h7-10,17H,4,11-12,16H2,1-3H3. The molecular formula is C15H22N2O2S. The fourth-order valence-corrected chi connectivity index (χ4v) is 2.61. The summed E-state index contributed by atoms with van der Waals surface area (Å²) in [5.74, 6) is 5.59. The minimum absolute atomic E-state index is 0.0559. The van der Waals surface area contributed by atoms with Crippen LogP contribution in [0.2, 0.25) is 0 Å². The molecule has 0 unspecified atom stereocenters. The van der Waals surface area contributed by atoms with Crippen LogP contribution in [-0.4, -0.2) is 21.5 Å². The first kappa shape index (κ1) is 16.7. The van der Waals surface area contributed by atoms with Crippen molar-refractivity contribution in [3.8, 4) is 11.8 Å². The highest BCUT2D eigenvalue weighted by Gasteiger charge is 2.20. The highest BCUT2D eigenvalue weighted by molar-refractivity contribution is 7.89. The van der Waals surface area contributed by atoms with E-state index in [-0.39, 0.29) is 16.9 Å². The molecule has 0 saturated heterocycles. The molecule has 0 spiro atoms. The molecule has 0 heterocycles. The molecule has 20 heavy (non-hydrogen) atoms. The number of benzene rings is 1. The maximum Gasteiger partial charge on any atom is 0.240 e. The molecule has 0 aliphatic rings. The largest absolute Gasteiger partial charge is 0.320 e. The first-order valence-electron chi connectivity index (χ1n) is 6.59. The van der Waals surface area contributed by atoms with Gasteiger partial charge in [0.15, 0.2) is 0 Å². The van der Waals surface area contributed by atoms with E-state index in [1.807, 2.05) is 20.8 Å². The summed E-state index contributed by atoms with van der Waals surface area (Å²) in [6, 6.07) is 6.48. The summed E-state index contributed by atoms with van der Waals surface area (Å²) in [4.78, 5) is 0.253. The molecule has 0 aliphatic heterocycles. The second-order valence-electron chi connectivity index (χ2n) is 5.37. The normalized spacial score (nSPS) is 11.8. The van der Waals surface area contributed by atoms with E-state index in [0.29, 0.717) is 6.54 Å². The van der Waals surface area contributed by atoms with Crippen LogP contribution in [0.3, 0.4) is 0 Å². The van der Waals surface area contributed by atoms with Crippen molar-refractivity contribution in [2.45, 2.75) is 32.1 Å². The molecule has 5 heteroatoms. The Morgan fingerprint density at radius 3 is 2.35 bits per heavy atom. The van der Waals surface area contributed by atoms with Crippen LogP contribution in [0.15, 0.2) is 29.2 Å². The number of hydrogen-bond acceptors (Lipinski definition) is 3. The summed E-state index contributed by atoms with van der Waals surface area (Å²) >= 11 is 0. The Morgan fingerprint density at radius 1 is 1.25 bits per heavy atom. The van der Waals surface area contributed by atoms with Crippen molar-refractivity contribution >= 4 is 10.0 Å². The Balaban J connectivity index is 2.83. The van der Waals surface area contributed by atoms with Gasteiger partial charge >= 0.3 is 0 Å². The van der Waals surface area contributed by atoms with E-state index in [1.165, 1.54) is 0 Å². The third kappa shape index (κ3) is 4.97. The lowest BCUT2D eigenvalue weighted by Gasteiger charge is -2.22. The monoisotopic (exact) mass is 294 g/mol. The Hall–Kier alpha value is -1.35. The Morgan fingerprint density at radius 2 is 1.85 bits per heavy atom. The molecule has 0 aromatic heterocycles. The molecule has 0 saturated carbocycles. The minimum Gasteiger partial charge on any atom is -0.320 e. The topological polar surface area (TPSA) is 72.2 Å². The molecule has 0 bridgehead atoms. The maximum atomic E-state index is 12.2. The van der Waals surface area contributed by atoms with Crippen molar-refractivity contribution < 1.29 is 8.42 Å². The van der Waals surface area contributed by atoms with Crippen molar-refractivity contribution in [3.05, 3.63) is 29.8 Å². The zero-order chi connectivity index (χ0) is 15.2. The van der Waals surface area contributed by atoms with Crippen LogP contribution in [-0.2, 0) is 10.0 Å². The van der Waals surface area contributed by atoms with Crippen LogP contribution in [0.25, 0.3) is 0 Å². The molecule has 1 rings (SSSR count). The van der Waals surface area contributed by atoms with Gasteiger partial charge in [-0.2, -0.15) is 0 Å². The van der Waals surface area contributed by atoms with E-state index >= 15 is 0 Å². The van der Waals surface area contributed by atoms with Gasteiger partial charge in [-0.1, -0.05) is 32.6 Å². The molecule has 0 atom stereocenters. The molecule has 1 aromatic carbocycles. The van der Waals surface area contributed by atoms with Gasteiger partial charge in [-0.05, 0) is 36.1 Å². The van der Waals surface area contributed by atoms with Crippen LogP contribution in [0.5, 0.6) is 0 Å². The molecule has 0 amide bonds. The first-order valence-corrected chi connectivity index (χ1v) is 8.08. The molecule has 1 aromatic rings. The van der Waals surface area contributed by atoms with Gasteiger partial charge < -0.3 is 5.73 Å². The number of nitrogens with one attached hydrogen (secondary N) is 1. The maximum absolute atomic E-state index is 12.2. The predicted octanol–water partition coefficient (Wildman–Crippen LogP) is 1.71. The predicted molar refractivity (Wildman–Crippen MR) is 81.6 cm³/mol. The lowest BCUT2D eigenvalue weighted by molar-refractivity contribution is 0.350. The van der Waals surface area contributed by atoms with Crippen molar-refractivity contribution in [1.82, 2.24) is 4.72 Å². The van der Waals surface area contributed by atoms with Gasteiger partial charge in [0.25, 0.3) is 0 Å². The summed E-state index contributed by atoms with van der Waals surface area (Å²) in [5.41, 5.74) is 5.99. The van der Waals surface area contributed by atoms with Crippen molar-refractivity contribution in [3.63, 3.8) is 0 Å². The second-order valence-corrected chi connectivity index (χ2v) is 7.14. The summed E-state index contributed by atoms with van der Waals surface area (Å²) in [6.45, 7) is 6.80. The van der Waals surface area contributed by atoms with Gasteiger partial charge in [0, 0.05) is 12.1 Å². The van der Waals surface area contributed by atoms with Crippen LogP contribution in [0.1, 0.15) is 32.8 Å². The highest BCUT2D eigenvalue weighted by Crippen LogP contribution is 2.19. The third-order valence-electron chi connectivity index (χ3n) is 3.20. The van der Waals surface area contributed by atoms with Crippen molar-refractivity contribution in [2.75, 3.05) is 13.1 Å². The van der Waals surface area contributed by atoms with Crippen molar-refractivity contribution in [2.24, 2.45) is 11.1 Å². The number of nitrogens with two attached hydrogens (primary N) is 1. The fraction of sp³-hybridized carbons (Fsp3) is 0.467. The summed E-state index contributed by atoms with van der Waals surface area (Å²) in [5, 5.41) is 0. The van der Waals surface area contributed by atoms with E-state index in [0.717, 1.165) is 12.0 Å². The first-order chi connectivity index (χ1) is 9.30. The van der Waals surface area contributed by atoms with Crippen LogP contribution in [0, 0.1) is 17.3 Å². The summed E-state index contributed by atoms with van der Waals surface area (Å²) in [6.07, 6.45) is 0.906. The highest BCUT2D eigenvalue weighted by atomic mass is 32.2. The summed E-state index contributed by atoms with van der Waals surface area (Å²) in [7, 11) is -3.46. The SMILES string of the molecule is CCC(C)(C)CNS(=O)(=O)c1ccc(C#CCN)cc1. The van der Waals surface area contributed by atoms with E-state index in [4.69, 9.17) is 5.73 Å². The Labute approximate surface area is 121 Å². The molecule has 110 valence electrons. The Bertz CT molecular complexity index is 593. The number of hydrogen-bond donors (Lipinski definition) is 2. The molecule has 0 radical (unpaired) electrons. The molecule has 3 N–H and O–H groups in total. The summed E-state index contributed by atoms with van der Waals surface area (Å²) < 4.78 is 27.0. The van der Waals surface area contributed by atoms with Crippen LogP contribution in [0.4, 0.5) is 0 Å². The van der Waals surface area contributed by atoms with Gasteiger partial charge in [-0.3, -0.25) is 0 Å². The van der Waals surface area contributed by atoms with E-state index in [1.54, 1.807) is 24.3 Å². The van der Waals surface area contributed by atoms with Gasteiger partial charge in [0.1, 0.15) is 0 Å². The smallest absolute Gasteiger partial charge is 0.240 e. The molecule has 0 aliphatic carbocycles. The van der Waals surface area contributed by atoms with Crippen LogP contribution >= 0.6 is 0 Å². The number of sulfonamides is 1. The molecule has 0 fully saturated rings.